The summed E-state index contributed by atoms with van der Waals surface area (Å²) >= 11 is 0. The van der Waals surface area contributed by atoms with E-state index in [4.69, 9.17) is 20.2 Å². The maximum Gasteiger partial charge on any atom is 0.407 e. The second kappa shape index (κ2) is 12.7. The zero-order chi connectivity index (χ0) is 25.1. The van der Waals surface area contributed by atoms with Crippen LogP contribution in [0.5, 0.6) is 5.75 Å². The molecule has 35 heavy (non-hydrogen) atoms. The lowest BCUT2D eigenvalue weighted by Crippen LogP contribution is -2.32. The minimum Gasteiger partial charge on any atom is -0.494 e. The van der Waals surface area contributed by atoms with Crippen molar-refractivity contribution in [3.8, 4) is 17.0 Å². The number of ether oxygens (including phenoxy) is 2. The number of rotatable bonds is 11. The van der Waals surface area contributed by atoms with Crippen LogP contribution in [0.15, 0.2) is 60.8 Å². The van der Waals surface area contributed by atoms with Crippen molar-refractivity contribution < 1.29 is 14.3 Å². The molecule has 1 heterocycles. The lowest BCUT2D eigenvalue weighted by atomic mass is 10.1. The Morgan fingerprint density at radius 1 is 0.971 bits per heavy atom. The van der Waals surface area contributed by atoms with Gasteiger partial charge in [-0.3, -0.25) is 0 Å². The monoisotopic (exact) mass is 476 g/mol. The molecule has 0 fully saturated rings. The molecule has 3 N–H and O–H groups in total. The Hall–Kier alpha value is -3.61. The topological polar surface area (TPSA) is 99.4 Å². The summed E-state index contributed by atoms with van der Waals surface area (Å²) < 4.78 is 11.1. The molecule has 0 atom stereocenters. The highest BCUT2D eigenvalue weighted by molar-refractivity contribution is 5.67. The third kappa shape index (κ3) is 9.27. The van der Waals surface area contributed by atoms with E-state index >= 15 is 0 Å². The number of amides is 1. The van der Waals surface area contributed by atoms with Gasteiger partial charge in [0, 0.05) is 18.5 Å². The molecule has 3 aromatic rings. The summed E-state index contributed by atoms with van der Waals surface area (Å²) in [6.45, 7) is 6.85. The van der Waals surface area contributed by atoms with Crippen molar-refractivity contribution >= 4 is 11.9 Å². The van der Waals surface area contributed by atoms with Gasteiger partial charge in [-0.15, -0.1) is 0 Å². The maximum absolute atomic E-state index is 11.6. The first kappa shape index (κ1) is 26.0. The molecular formula is C28H36N4O3. The minimum absolute atomic E-state index is 0.360. The van der Waals surface area contributed by atoms with E-state index in [-0.39, 0.29) is 6.09 Å². The molecule has 0 saturated carbocycles. The molecule has 0 aliphatic rings. The number of carbonyl (C=O) groups excluding carboxylic acids is 1. The van der Waals surface area contributed by atoms with Crippen molar-refractivity contribution in [1.82, 2.24) is 15.3 Å². The SMILES string of the molecule is CC(C)(C)OC(=O)NCCCCCCOc1ccc(-c2cnc(N)c(Cc3ccccc3)n2)cc1. The Morgan fingerprint density at radius 3 is 2.40 bits per heavy atom. The van der Waals surface area contributed by atoms with Crippen LogP contribution in [0.2, 0.25) is 0 Å². The van der Waals surface area contributed by atoms with E-state index in [9.17, 15) is 4.79 Å². The molecule has 3 rings (SSSR count). The summed E-state index contributed by atoms with van der Waals surface area (Å²) in [5.74, 6) is 1.28. The van der Waals surface area contributed by atoms with E-state index in [0.717, 1.165) is 53.9 Å². The predicted octanol–water partition coefficient (Wildman–Crippen LogP) is 5.78. The molecule has 186 valence electrons. The van der Waals surface area contributed by atoms with Gasteiger partial charge in [-0.1, -0.05) is 43.2 Å². The summed E-state index contributed by atoms with van der Waals surface area (Å²) in [5, 5.41) is 2.78. The van der Waals surface area contributed by atoms with Crippen LogP contribution in [0.1, 0.15) is 57.7 Å². The van der Waals surface area contributed by atoms with E-state index in [1.807, 2.05) is 63.2 Å². The Kier molecular flexibility index (Phi) is 9.47. The van der Waals surface area contributed by atoms with Crippen molar-refractivity contribution in [2.75, 3.05) is 18.9 Å². The Balaban J connectivity index is 1.38. The average Bonchev–Trinajstić information content (AvgIpc) is 2.82. The first-order chi connectivity index (χ1) is 16.8. The number of anilines is 1. The number of nitrogens with zero attached hydrogens (tertiary/aromatic N) is 2. The number of nitrogens with two attached hydrogens (primary N) is 1. The van der Waals surface area contributed by atoms with E-state index in [1.54, 1.807) is 6.20 Å². The molecule has 7 nitrogen and oxygen atoms in total. The Bertz CT molecular complexity index is 1060. The molecule has 0 spiro atoms. The number of unbranched alkanes of at least 4 members (excludes halogenated alkanes) is 3. The van der Waals surface area contributed by atoms with E-state index in [2.05, 4.69) is 22.4 Å². The number of carbonyl (C=O) groups is 1. The third-order valence-corrected chi connectivity index (χ3v) is 5.25. The fraction of sp³-hybridized carbons (Fsp3) is 0.393. The van der Waals surface area contributed by atoms with Crippen molar-refractivity contribution in [2.24, 2.45) is 0 Å². The van der Waals surface area contributed by atoms with Gasteiger partial charge in [0.15, 0.2) is 0 Å². The number of aromatic nitrogens is 2. The Morgan fingerprint density at radius 2 is 1.69 bits per heavy atom. The predicted molar refractivity (Wildman–Crippen MR) is 139 cm³/mol. The van der Waals surface area contributed by atoms with E-state index in [0.29, 0.717) is 25.4 Å². The van der Waals surface area contributed by atoms with Crippen LogP contribution in [0.25, 0.3) is 11.3 Å². The zero-order valence-corrected chi connectivity index (χ0v) is 20.9. The van der Waals surface area contributed by atoms with Crippen molar-refractivity contribution in [3.05, 3.63) is 72.1 Å². The molecule has 0 aliphatic carbocycles. The first-order valence-electron chi connectivity index (χ1n) is 12.2. The Labute approximate surface area is 208 Å². The summed E-state index contributed by atoms with van der Waals surface area (Å²) in [6, 6.07) is 18.0. The molecule has 0 aliphatic heterocycles. The molecule has 0 bridgehead atoms. The number of hydrogen-bond acceptors (Lipinski definition) is 6. The van der Waals surface area contributed by atoms with Gasteiger partial charge in [0.2, 0.25) is 0 Å². The fourth-order valence-electron chi connectivity index (χ4n) is 3.49. The van der Waals surface area contributed by atoms with Crippen molar-refractivity contribution in [2.45, 2.75) is 58.5 Å². The van der Waals surface area contributed by atoms with Crippen molar-refractivity contribution in [1.29, 1.82) is 0 Å². The standard InChI is InChI=1S/C28H36N4O3/c1-28(2,3)35-27(33)30-17-9-4-5-10-18-34-23-15-13-22(14-16-23)25-20-31-26(29)24(32-25)19-21-11-7-6-8-12-21/h6-8,11-16,20H,4-5,9-10,17-19H2,1-3H3,(H2,29,31)(H,30,33). The largest absolute Gasteiger partial charge is 0.494 e. The quantitative estimate of drug-likeness (QED) is 0.340. The maximum atomic E-state index is 11.6. The van der Waals surface area contributed by atoms with E-state index in [1.165, 1.54) is 0 Å². The highest BCUT2D eigenvalue weighted by Crippen LogP contribution is 2.23. The summed E-state index contributed by atoms with van der Waals surface area (Å²) in [5.41, 5.74) is 9.28. The van der Waals surface area contributed by atoms with Crippen LogP contribution in [0, 0.1) is 0 Å². The molecule has 0 saturated heterocycles. The highest BCUT2D eigenvalue weighted by Gasteiger charge is 2.15. The number of nitrogen functional groups attached to an aromatic ring is 1. The first-order valence-corrected chi connectivity index (χ1v) is 12.2. The van der Waals surface area contributed by atoms with Gasteiger partial charge >= 0.3 is 6.09 Å². The zero-order valence-electron chi connectivity index (χ0n) is 20.9. The lowest BCUT2D eigenvalue weighted by Gasteiger charge is -2.19. The molecule has 7 heteroatoms. The molecule has 2 aromatic carbocycles. The third-order valence-electron chi connectivity index (χ3n) is 5.25. The van der Waals surface area contributed by atoms with Gasteiger partial charge in [0.25, 0.3) is 0 Å². The molecule has 1 amide bonds. The van der Waals surface area contributed by atoms with Crippen LogP contribution in [0.3, 0.4) is 0 Å². The van der Waals surface area contributed by atoms with Crippen LogP contribution in [-0.4, -0.2) is 34.8 Å². The highest BCUT2D eigenvalue weighted by atomic mass is 16.6. The van der Waals surface area contributed by atoms with Crippen LogP contribution in [0.4, 0.5) is 10.6 Å². The molecule has 0 unspecified atom stereocenters. The van der Waals surface area contributed by atoms with Crippen LogP contribution < -0.4 is 15.8 Å². The van der Waals surface area contributed by atoms with Gasteiger partial charge in [-0.25, -0.2) is 14.8 Å². The summed E-state index contributed by atoms with van der Waals surface area (Å²) in [7, 11) is 0. The van der Waals surface area contributed by atoms with Gasteiger partial charge in [0.05, 0.1) is 24.2 Å². The van der Waals surface area contributed by atoms with Crippen LogP contribution in [-0.2, 0) is 11.2 Å². The van der Waals surface area contributed by atoms with Gasteiger partial charge in [0.1, 0.15) is 17.2 Å². The van der Waals surface area contributed by atoms with Gasteiger partial charge < -0.3 is 20.5 Å². The number of hydrogen-bond donors (Lipinski definition) is 2. The van der Waals surface area contributed by atoms with Crippen molar-refractivity contribution in [3.63, 3.8) is 0 Å². The molecule has 0 radical (unpaired) electrons. The number of benzene rings is 2. The number of nitrogens with one attached hydrogen (secondary N) is 1. The second-order valence-electron chi connectivity index (χ2n) is 9.47. The lowest BCUT2D eigenvalue weighted by molar-refractivity contribution is 0.0527. The van der Waals surface area contributed by atoms with Crippen LogP contribution >= 0.6 is 0 Å². The summed E-state index contributed by atoms with van der Waals surface area (Å²) in [6.07, 6.45) is 5.94. The molecule has 1 aromatic heterocycles. The second-order valence-corrected chi connectivity index (χ2v) is 9.47. The van der Waals surface area contributed by atoms with E-state index < -0.39 is 5.60 Å². The number of alkyl carbamates (subject to hydrolysis) is 1. The summed E-state index contributed by atoms with van der Waals surface area (Å²) in [4.78, 5) is 20.7. The van der Waals surface area contributed by atoms with Gasteiger partial charge in [-0.05, 0) is 63.4 Å². The molecular weight excluding hydrogens is 440 g/mol. The average molecular weight is 477 g/mol. The normalized spacial score (nSPS) is 11.2. The smallest absolute Gasteiger partial charge is 0.407 e. The fourth-order valence-corrected chi connectivity index (χ4v) is 3.49. The van der Waals surface area contributed by atoms with Gasteiger partial charge in [-0.2, -0.15) is 0 Å². The minimum atomic E-state index is -0.465.